The Morgan fingerprint density at radius 2 is 1.90 bits per heavy atom. The molecule has 0 spiro atoms. The number of benzene rings is 1. The second-order valence-electron chi connectivity index (χ2n) is 4.39. The molecule has 0 saturated carbocycles. The van der Waals surface area contributed by atoms with Crippen LogP contribution in [0.15, 0.2) is 26.7 Å². The van der Waals surface area contributed by atoms with Crippen LogP contribution >= 0.6 is 11.8 Å². The Balaban J connectivity index is 2.23. The summed E-state index contributed by atoms with van der Waals surface area (Å²) in [7, 11) is 0. The molecule has 1 heterocycles. The summed E-state index contributed by atoms with van der Waals surface area (Å²) in [6.07, 6.45) is 0. The molecule has 1 aromatic carbocycles. The van der Waals surface area contributed by atoms with Crippen LogP contribution in [0.1, 0.15) is 23.9 Å². The van der Waals surface area contributed by atoms with E-state index in [9.17, 15) is 8.78 Å². The summed E-state index contributed by atoms with van der Waals surface area (Å²) in [5.74, 6) is -0.551. The summed E-state index contributed by atoms with van der Waals surface area (Å²) in [6.45, 7) is 6.67. The van der Waals surface area contributed by atoms with Crippen LogP contribution in [0.5, 0.6) is 0 Å². The number of rotatable bonds is 5. The standard InChI is InChI=1S/C14H16F2N2OS/c1-4-17-7-10-5-11(15)13(12(16)6-10)20-14-18-8(2)9(3)19-14/h5-6,17H,4,7H2,1-3H3. The zero-order valence-corrected chi connectivity index (χ0v) is 12.4. The van der Waals surface area contributed by atoms with Gasteiger partial charge in [0, 0.05) is 6.54 Å². The van der Waals surface area contributed by atoms with E-state index in [1.807, 2.05) is 6.92 Å². The summed E-state index contributed by atoms with van der Waals surface area (Å²) in [5.41, 5.74) is 1.29. The van der Waals surface area contributed by atoms with Gasteiger partial charge in [-0.15, -0.1) is 0 Å². The first-order valence-corrected chi connectivity index (χ1v) is 7.13. The molecule has 0 saturated heterocycles. The molecule has 2 rings (SSSR count). The topological polar surface area (TPSA) is 38.1 Å². The number of nitrogens with one attached hydrogen (secondary N) is 1. The van der Waals surface area contributed by atoms with Crippen molar-refractivity contribution in [3.05, 3.63) is 40.8 Å². The van der Waals surface area contributed by atoms with E-state index in [2.05, 4.69) is 10.3 Å². The van der Waals surface area contributed by atoms with Crippen molar-refractivity contribution in [3.8, 4) is 0 Å². The van der Waals surface area contributed by atoms with Gasteiger partial charge in [0.15, 0.2) is 0 Å². The molecule has 0 bridgehead atoms. The van der Waals surface area contributed by atoms with Crippen LogP contribution in [0.2, 0.25) is 0 Å². The number of halogens is 2. The summed E-state index contributed by atoms with van der Waals surface area (Å²) in [5, 5.41) is 3.28. The monoisotopic (exact) mass is 298 g/mol. The largest absolute Gasteiger partial charge is 0.436 e. The fourth-order valence-corrected chi connectivity index (χ4v) is 2.49. The number of oxazole rings is 1. The Hall–Kier alpha value is -1.40. The van der Waals surface area contributed by atoms with Gasteiger partial charge in [0.25, 0.3) is 5.22 Å². The van der Waals surface area contributed by atoms with Gasteiger partial charge in [-0.05, 0) is 49.9 Å². The number of aromatic nitrogens is 1. The van der Waals surface area contributed by atoms with E-state index in [4.69, 9.17) is 4.42 Å². The van der Waals surface area contributed by atoms with E-state index in [0.717, 1.165) is 24.0 Å². The fraction of sp³-hybridized carbons (Fsp3) is 0.357. The lowest BCUT2D eigenvalue weighted by Gasteiger charge is -2.06. The predicted octanol–water partition coefficient (Wildman–Crippen LogP) is 3.83. The zero-order valence-electron chi connectivity index (χ0n) is 11.6. The predicted molar refractivity (Wildman–Crippen MR) is 73.8 cm³/mol. The van der Waals surface area contributed by atoms with Gasteiger partial charge in [-0.1, -0.05) is 6.92 Å². The summed E-state index contributed by atoms with van der Waals surface area (Å²) < 4.78 is 33.3. The van der Waals surface area contributed by atoms with Crippen LogP contribution in [0, 0.1) is 25.5 Å². The summed E-state index contributed by atoms with van der Waals surface area (Å²) in [4.78, 5) is 4.02. The van der Waals surface area contributed by atoms with Crippen LogP contribution in [-0.2, 0) is 6.54 Å². The van der Waals surface area contributed by atoms with Gasteiger partial charge in [-0.2, -0.15) is 0 Å². The maximum Gasteiger partial charge on any atom is 0.261 e. The third-order valence-corrected chi connectivity index (χ3v) is 3.78. The molecule has 0 aliphatic carbocycles. The molecule has 0 atom stereocenters. The highest BCUT2D eigenvalue weighted by molar-refractivity contribution is 7.99. The quantitative estimate of drug-likeness (QED) is 0.910. The lowest BCUT2D eigenvalue weighted by atomic mass is 10.2. The molecule has 0 fully saturated rings. The van der Waals surface area contributed by atoms with Crippen LogP contribution < -0.4 is 5.32 Å². The highest BCUT2D eigenvalue weighted by Gasteiger charge is 2.16. The first kappa shape index (κ1) is 15.0. The maximum atomic E-state index is 14.0. The van der Waals surface area contributed by atoms with E-state index < -0.39 is 11.6 Å². The van der Waals surface area contributed by atoms with Crippen LogP contribution in [0.4, 0.5) is 8.78 Å². The van der Waals surface area contributed by atoms with Gasteiger partial charge < -0.3 is 9.73 Å². The van der Waals surface area contributed by atoms with Crippen LogP contribution in [0.3, 0.4) is 0 Å². The third kappa shape index (κ3) is 3.37. The van der Waals surface area contributed by atoms with E-state index >= 15 is 0 Å². The molecule has 0 amide bonds. The van der Waals surface area contributed by atoms with E-state index in [1.54, 1.807) is 13.8 Å². The number of aryl methyl sites for hydroxylation is 2. The lowest BCUT2D eigenvalue weighted by molar-refractivity contribution is 0.429. The molecule has 3 nitrogen and oxygen atoms in total. The normalized spacial score (nSPS) is 11.1. The van der Waals surface area contributed by atoms with Crippen molar-refractivity contribution in [2.45, 2.75) is 37.4 Å². The average Bonchev–Trinajstić information content (AvgIpc) is 2.70. The lowest BCUT2D eigenvalue weighted by Crippen LogP contribution is -2.12. The average molecular weight is 298 g/mol. The number of nitrogens with zero attached hydrogens (tertiary/aromatic N) is 1. The van der Waals surface area contributed by atoms with Gasteiger partial charge in [-0.25, -0.2) is 13.8 Å². The maximum absolute atomic E-state index is 14.0. The van der Waals surface area contributed by atoms with Crippen molar-refractivity contribution in [1.82, 2.24) is 10.3 Å². The first-order chi connectivity index (χ1) is 9.51. The second kappa shape index (κ2) is 6.37. The van der Waals surface area contributed by atoms with Crippen molar-refractivity contribution in [1.29, 1.82) is 0 Å². The highest BCUT2D eigenvalue weighted by Crippen LogP contribution is 2.33. The Kier molecular flexibility index (Phi) is 4.77. The van der Waals surface area contributed by atoms with Crippen molar-refractivity contribution >= 4 is 11.8 Å². The second-order valence-corrected chi connectivity index (χ2v) is 5.35. The Morgan fingerprint density at radius 1 is 1.25 bits per heavy atom. The summed E-state index contributed by atoms with van der Waals surface area (Å²) >= 11 is 0.860. The van der Waals surface area contributed by atoms with E-state index in [-0.39, 0.29) is 10.1 Å². The molecule has 0 radical (unpaired) electrons. The smallest absolute Gasteiger partial charge is 0.261 e. The molecular weight excluding hydrogens is 282 g/mol. The molecule has 2 aromatic rings. The van der Waals surface area contributed by atoms with E-state index in [1.165, 1.54) is 12.1 Å². The third-order valence-electron chi connectivity index (χ3n) is 2.84. The van der Waals surface area contributed by atoms with Crippen LogP contribution in [0.25, 0.3) is 0 Å². The van der Waals surface area contributed by atoms with Gasteiger partial charge in [0.2, 0.25) is 0 Å². The van der Waals surface area contributed by atoms with Gasteiger partial charge in [0.05, 0.1) is 10.6 Å². The molecule has 0 aliphatic heterocycles. The van der Waals surface area contributed by atoms with Crippen LogP contribution in [-0.4, -0.2) is 11.5 Å². The molecule has 20 heavy (non-hydrogen) atoms. The van der Waals surface area contributed by atoms with Crippen molar-refractivity contribution < 1.29 is 13.2 Å². The fourth-order valence-electron chi connectivity index (χ4n) is 1.66. The number of hydrogen-bond acceptors (Lipinski definition) is 4. The molecular formula is C14H16F2N2OS. The highest BCUT2D eigenvalue weighted by atomic mass is 32.2. The molecule has 0 unspecified atom stereocenters. The summed E-state index contributed by atoms with van der Waals surface area (Å²) in [6, 6.07) is 2.66. The Bertz CT molecular complexity index is 571. The van der Waals surface area contributed by atoms with Gasteiger partial charge in [-0.3, -0.25) is 0 Å². The van der Waals surface area contributed by atoms with Crippen molar-refractivity contribution in [3.63, 3.8) is 0 Å². The molecule has 1 aromatic heterocycles. The minimum Gasteiger partial charge on any atom is -0.436 e. The first-order valence-electron chi connectivity index (χ1n) is 6.31. The van der Waals surface area contributed by atoms with Crippen molar-refractivity contribution in [2.24, 2.45) is 0 Å². The van der Waals surface area contributed by atoms with Crippen molar-refractivity contribution in [2.75, 3.05) is 6.54 Å². The van der Waals surface area contributed by atoms with E-state index in [0.29, 0.717) is 17.9 Å². The molecule has 1 N–H and O–H groups in total. The minimum atomic E-state index is -0.601. The molecule has 6 heteroatoms. The van der Waals surface area contributed by atoms with Gasteiger partial charge in [0.1, 0.15) is 17.4 Å². The molecule has 108 valence electrons. The SMILES string of the molecule is CCNCc1cc(F)c(Sc2nc(C)c(C)o2)c(F)c1. The zero-order chi connectivity index (χ0) is 14.7. The van der Waals surface area contributed by atoms with Gasteiger partial charge >= 0.3 is 0 Å². The minimum absolute atomic E-state index is 0.0912. The Morgan fingerprint density at radius 3 is 2.40 bits per heavy atom. The number of hydrogen-bond donors (Lipinski definition) is 1. The Labute approximate surface area is 120 Å². The molecule has 0 aliphatic rings.